The summed E-state index contributed by atoms with van der Waals surface area (Å²) in [6.45, 7) is 7.95. The van der Waals surface area contributed by atoms with Gasteiger partial charge < -0.3 is 34.3 Å². The smallest absolute Gasteiger partial charge is 0.338 e. The Morgan fingerprint density at radius 1 is 1.02 bits per heavy atom. The number of ether oxygens (including phenoxy) is 5. The van der Waals surface area contributed by atoms with Crippen LogP contribution in [-0.2, 0) is 14.3 Å². The first-order chi connectivity index (χ1) is 19.7. The lowest BCUT2D eigenvalue weighted by atomic mass is 9.95. The van der Waals surface area contributed by atoms with Crippen LogP contribution in [0.2, 0.25) is 0 Å². The number of allylic oxidation sites excluding steroid dienone is 1. The van der Waals surface area contributed by atoms with E-state index in [9.17, 15) is 14.4 Å². The van der Waals surface area contributed by atoms with E-state index in [0.29, 0.717) is 41.7 Å². The second kappa shape index (κ2) is 15.1. The third kappa shape index (κ3) is 8.25. The van der Waals surface area contributed by atoms with Crippen molar-refractivity contribution < 1.29 is 38.1 Å². The van der Waals surface area contributed by atoms with E-state index in [0.717, 1.165) is 9.13 Å². The number of nitrogens with one attached hydrogen (secondary N) is 3. The Kier molecular flexibility index (Phi) is 11.6. The molecule has 3 N–H and O–H groups in total. The molecule has 12 nitrogen and oxygen atoms in total. The van der Waals surface area contributed by atoms with E-state index in [2.05, 4.69) is 43.8 Å². The zero-order chi connectivity index (χ0) is 29.9. The van der Waals surface area contributed by atoms with E-state index in [1.165, 1.54) is 13.3 Å². The number of carbonyl (C=O) groups is 3. The first kappa shape index (κ1) is 31.5. The minimum absolute atomic E-state index is 0.187. The van der Waals surface area contributed by atoms with Gasteiger partial charge >= 0.3 is 12.0 Å². The number of carbonyl (C=O) groups excluding carboxylic acids is 3. The molecule has 0 unspecified atom stereocenters. The van der Waals surface area contributed by atoms with E-state index in [-0.39, 0.29) is 24.5 Å². The first-order valence-electron chi connectivity index (χ1n) is 12.9. The Balaban J connectivity index is 1.68. The number of urea groups is 1. The number of hydrogen-bond acceptors (Lipinski definition) is 9. The number of esters is 1. The van der Waals surface area contributed by atoms with Crippen LogP contribution in [0.15, 0.2) is 46.7 Å². The first-order valence-corrected chi connectivity index (χ1v) is 14.0. The van der Waals surface area contributed by atoms with Gasteiger partial charge in [-0.2, -0.15) is 5.10 Å². The second-order valence-corrected chi connectivity index (χ2v) is 9.64. The van der Waals surface area contributed by atoms with Crippen LogP contribution in [-0.4, -0.2) is 57.7 Å². The zero-order valence-electron chi connectivity index (χ0n) is 23.5. The topological polar surface area (TPSA) is 146 Å². The third-order valence-electron chi connectivity index (χ3n) is 5.67. The summed E-state index contributed by atoms with van der Waals surface area (Å²) in [5.74, 6) is 0.809. The maximum absolute atomic E-state index is 12.6. The molecule has 0 saturated carbocycles. The van der Waals surface area contributed by atoms with Gasteiger partial charge in [0.25, 0.3) is 5.91 Å². The lowest BCUT2D eigenvalue weighted by Gasteiger charge is -2.28. The fraction of sp³-hybridized carbons (Fsp3) is 0.357. The maximum Gasteiger partial charge on any atom is 0.338 e. The van der Waals surface area contributed by atoms with E-state index in [4.69, 9.17) is 23.7 Å². The number of hydrazone groups is 1. The van der Waals surface area contributed by atoms with Crippen molar-refractivity contribution in [2.75, 3.05) is 33.5 Å². The highest BCUT2D eigenvalue weighted by atomic mass is 127. The van der Waals surface area contributed by atoms with Crippen molar-refractivity contribution in [3.8, 4) is 23.0 Å². The molecule has 41 heavy (non-hydrogen) atoms. The molecule has 3 rings (SSSR count). The highest BCUT2D eigenvalue weighted by molar-refractivity contribution is 14.1. The van der Waals surface area contributed by atoms with Crippen LogP contribution < -0.4 is 35.0 Å². The zero-order valence-corrected chi connectivity index (χ0v) is 25.6. The average molecular weight is 680 g/mol. The molecule has 0 radical (unpaired) electrons. The van der Waals surface area contributed by atoms with Crippen molar-refractivity contribution in [1.82, 2.24) is 16.1 Å². The van der Waals surface area contributed by atoms with Crippen LogP contribution in [0.4, 0.5) is 4.79 Å². The highest BCUT2D eigenvalue weighted by Crippen LogP contribution is 2.35. The summed E-state index contributed by atoms with van der Waals surface area (Å²) >= 11 is 2.16. The molecule has 0 aliphatic carbocycles. The van der Waals surface area contributed by atoms with Crippen LogP contribution >= 0.6 is 22.6 Å². The molecule has 3 amide bonds. The Labute approximate surface area is 251 Å². The number of halogens is 1. The minimum Gasteiger partial charge on any atom is -0.493 e. The number of nitrogens with zero attached hydrogens (tertiary/aromatic N) is 1. The number of amides is 3. The standard InChI is InChI=1S/C28H33IN4O8/c1-6-38-22-12-17(11-19(29)26(22)39-7-2)14-30-33-23(34)15-41-20-10-9-18(13-21(20)37-5)25-24(27(35)40-8-3)16(4)31-28(36)32-25/h9-14,25H,6-8,15H2,1-5H3,(H,33,34)(H2,31,32,36)/b30-14+/t25-/m1/s1. The third-order valence-corrected chi connectivity index (χ3v) is 6.47. The molecule has 1 aliphatic rings. The summed E-state index contributed by atoms with van der Waals surface area (Å²) in [6.07, 6.45) is 1.50. The van der Waals surface area contributed by atoms with Gasteiger partial charge in [-0.05, 0) is 85.7 Å². The normalized spacial score (nSPS) is 14.7. The number of rotatable bonds is 13. The van der Waals surface area contributed by atoms with Crippen LogP contribution in [0.3, 0.4) is 0 Å². The summed E-state index contributed by atoms with van der Waals surface area (Å²) in [7, 11) is 1.44. The predicted octanol–water partition coefficient (Wildman–Crippen LogP) is 3.82. The lowest BCUT2D eigenvalue weighted by Crippen LogP contribution is -2.45. The Bertz CT molecular complexity index is 1340. The van der Waals surface area contributed by atoms with Gasteiger partial charge in [0.15, 0.2) is 29.6 Å². The highest BCUT2D eigenvalue weighted by Gasteiger charge is 2.32. The second-order valence-electron chi connectivity index (χ2n) is 8.48. The van der Waals surface area contributed by atoms with Crippen molar-refractivity contribution in [2.24, 2.45) is 5.10 Å². The van der Waals surface area contributed by atoms with E-state index >= 15 is 0 Å². The molecule has 2 aromatic rings. The van der Waals surface area contributed by atoms with Crippen molar-refractivity contribution in [1.29, 1.82) is 0 Å². The molecule has 1 aliphatic heterocycles. The molecule has 0 aromatic heterocycles. The molecule has 220 valence electrons. The van der Waals surface area contributed by atoms with E-state index in [1.807, 2.05) is 19.9 Å². The largest absolute Gasteiger partial charge is 0.493 e. The molecule has 13 heteroatoms. The summed E-state index contributed by atoms with van der Waals surface area (Å²) in [6, 6.07) is 7.31. The monoisotopic (exact) mass is 680 g/mol. The molecule has 0 saturated heterocycles. The molecule has 0 fully saturated rings. The molecular formula is C28H33IN4O8. The Morgan fingerprint density at radius 2 is 1.78 bits per heavy atom. The summed E-state index contributed by atoms with van der Waals surface area (Å²) in [5, 5.41) is 9.34. The maximum atomic E-state index is 12.6. The van der Waals surface area contributed by atoms with Crippen molar-refractivity contribution in [3.63, 3.8) is 0 Å². The van der Waals surface area contributed by atoms with Crippen molar-refractivity contribution >= 4 is 46.7 Å². The molecule has 1 atom stereocenters. The van der Waals surface area contributed by atoms with E-state index < -0.39 is 23.9 Å². The van der Waals surface area contributed by atoms with Crippen LogP contribution in [0.5, 0.6) is 23.0 Å². The van der Waals surface area contributed by atoms with Gasteiger partial charge in [0.1, 0.15) is 0 Å². The van der Waals surface area contributed by atoms with Gasteiger partial charge in [-0.1, -0.05) is 6.07 Å². The summed E-state index contributed by atoms with van der Waals surface area (Å²) < 4.78 is 28.5. The summed E-state index contributed by atoms with van der Waals surface area (Å²) in [4.78, 5) is 37.1. The Morgan fingerprint density at radius 3 is 2.46 bits per heavy atom. The Hall–Kier alpha value is -4.01. The van der Waals surface area contributed by atoms with Gasteiger partial charge in [0.2, 0.25) is 0 Å². The van der Waals surface area contributed by atoms with Gasteiger partial charge in [0, 0.05) is 5.70 Å². The quantitative estimate of drug-likeness (QED) is 0.125. The van der Waals surface area contributed by atoms with Gasteiger partial charge in [0.05, 0.1) is 48.3 Å². The number of hydrogen-bond donors (Lipinski definition) is 3. The SMILES string of the molecule is CCOC(=O)C1=C(C)NC(=O)N[C@@H]1c1ccc(OCC(=O)N/N=C/c2cc(I)c(OCC)c(OCC)c2)c(OC)c1. The molecule has 0 spiro atoms. The molecule has 0 bridgehead atoms. The van der Waals surface area contributed by atoms with Gasteiger partial charge in [-0.3, -0.25) is 4.79 Å². The van der Waals surface area contributed by atoms with Crippen LogP contribution in [0.25, 0.3) is 0 Å². The minimum atomic E-state index is -0.766. The predicted molar refractivity (Wildman–Crippen MR) is 159 cm³/mol. The van der Waals surface area contributed by atoms with Gasteiger partial charge in [-0.25, -0.2) is 15.0 Å². The number of methoxy groups -OCH3 is 1. The van der Waals surface area contributed by atoms with Crippen molar-refractivity contribution in [3.05, 3.63) is 56.3 Å². The molecular weight excluding hydrogens is 647 g/mol. The molecule has 2 aromatic carbocycles. The van der Waals surface area contributed by atoms with Gasteiger partial charge in [-0.15, -0.1) is 0 Å². The fourth-order valence-corrected chi connectivity index (χ4v) is 4.75. The summed E-state index contributed by atoms with van der Waals surface area (Å²) in [5.41, 5.74) is 4.38. The van der Waals surface area contributed by atoms with Crippen LogP contribution in [0, 0.1) is 3.57 Å². The number of benzene rings is 2. The van der Waals surface area contributed by atoms with E-state index in [1.54, 1.807) is 38.1 Å². The van der Waals surface area contributed by atoms with Crippen LogP contribution in [0.1, 0.15) is 44.9 Å². The average Bonchev–Trinajstić information content (AvgIpc) is 2.93. The fourth-order valence-electron chi connectivity index (χ4n) is 3.97. The molecule has 1 heterocycles. The lowest BCUT2D eigenvalue weighted by molar-refractivity contribution is -0.139. The van der Waals surface area contributed by atoms with Crippen molar-refractivity contribution in [2.45, 2.75) is 33.7 Å².